The fourth-order valence-corrected chi connectivity index (χ4v) is 4.13. The van der Waals surface area contributed by atoms with Gasteiger partial charge in [-0.25, -0.2) is 4.79 Å². The van der Waals surface area contributed by atoms with Crippen molar-refractivity contribution in [3.63, 3.8) is 0 Å². The van der Waals surface area contributed by atoms with Crippen LogP contribution in [0.2, 0.25) is 10.0 Å². The summed E-state index contributed by atoms with van der Waals surface area (Å²) < 4.78 is 12.2. The first kappa shape index (κ1) is 23.3. The molecule has 3 aromatic carbocycles. The molecule has 0 unspecified atom stereocenters. The van der Waals surface area contributed by atoms with E-state index >= 15 is 0 Å². The van der Waals surface area contributed by atoms with E-state index in [4.69, 9.17) is 32.7 Å². The quantitative estimate of drug-likeness (QED) is 0.333. The number of nitrogens with one attached hydrogen (secondary N) is 1. The van der Waals surface area contributed by atoms with E-state index in [2.05, 4.69) is 21.2 Å². The number of halogens is 3. The summed E-state index contributed by atoms with van der Waals surface area (Å²) in [6, 6.07) is 14.2. The van der Waals surface area contributed by atoms with Crippen LogP contribution in [0.5, 0.6) is 11.5 Å². The van der Waals surface area contributed by atoms with Gasteiger partial charge in [0, 0.05) is 27.8 Å². The highest BCUT2D eigenvalue weighted by Crippen LogP contribution is 2.38. The van der Waals surface area contributed by atoms with Crippen LogP contribution in [-0.2, 0) is 13.2 Å². The highest BCUT2D eigenvalue weighted by Gasteiger charge is 2.14. The Kier molecular flexibility index (Phi) is 7.70. The molecule has 0 heterocycles. The minimum atomic E-state index is -0.951. The van der Waals surface area contributed by atoms with Crippen LogP contribution in [0.1, 0.15) is 27.0 Å². The molecule has 0 bridgehead atoms. The van der Waals surface area contributed by atoms with Crippen LogP contribution < -0.4 is 14.8 Å². The standard InChI is InChI=1S/C23H20BrCl2NO4/c1-13-17(23(28)29)4-3-5-20(13)27-11-14-8-18(24)22(21(9-14)30-2)31-12-15-6-7-16(25)10-19(15)26/h3-10,27H,11-12H2,1-2H3,(H,28,29). The first-order valence-electron chi connectivity index (χ1n) is 9.30. The van der Waals surface area contributed by atoms with E-state index in [1.807, 2.05) is 24.3 Å². The first-order chi connectivity index (χ1) is 14.8. The average Bonchev–Trinajstić information content (AvgIpc) is 2.72. The van der Waals surface area contributed by atoms with Crippen molar-refractivity contribution < 1.29 is 19.4 Å². The van der Waals surface area contributed by atoms with Gasteiger partial charge in [0.05, 0.1) is 17.1 Å². The molecule has 0 saturated carbocycles. The van der Waals surface area contributed by atoms with E-state index in [9.17, 15) is 9.90 Å². The summed E-state index contributed by atoms with van der Waals surface area (Å²) >= 11 is 15.7. The van der Waals surface area contributed by atoms with E-state index in [-0.39, 0.29) is 12.2 Å². The van der Waals surface area contributed by atoms with Crippen LogP contribution in [0.25, 0.3) is 0 Å². The van der Waals surface area contributed by atoms with Crippen molar-refractivity contribution in [1.82, 2.24) is 0 Å². The Labute approximate surface area is 199 Å². The van der Waals surface area contributed by atoms with Gasteiger partial charge in [0.1, 0.15) is 6.61 Å². The molecule has 162 valence electrons. The average molecular weight is 525 g/mol. The van der Waals surface area contributed by atoms with Gasteiger partial charge in [-0.2, -0.15) is 0 Å². The Hall–Kier alpha value is -2.41. The van der Waals surface area contributed by atoms with Crippen molar-refractivity contribution in [1.29, 1.82) is 0 Å². The zero-order valence-corrected chi connectivity index (χ0v) is 19.9. The number of anilines is 1. The fraction of sp³-hybridized carbons (Fsp3) is 0.174. The smallest absolute Gasteiger partial charge is 0.336 e. The Morgan fingerprint density at radius 3 is 2.61 bits per heavy atom. The molecule has 0 atom stereocenters. The molecular weight excluding hydrogens is 505 g/mol. The van der Waals surface area contributed by atoms with Gasteiger partial charge < -0.3 is 19.9 Å². The van der Waals surface area contributed by atoms with Crippen LogP contribution in [0.4, 0.5) is 5.69 Å². The summed E-state index contributed by atoms with van der Waals surface area (Å²) in [5.74, 6) is 0.168. The molecular formula is C23H20BrCl2NO4. The molecule has 0 aromatic heterocycles. The van der Waals surface area contributed by atoms with Gasteiger partial charge in [-0.15, -0.1) is 0 Å². The molecule has 3 aromatic rings. The maximum atomic E-state index is 11.3. The van der Waals surface area contributed by atoms with Crippen LogP contribution in [0, 0.1) is 6.92 Å². The molecule has 0 saturated heterocycles. The molecule has 0 radical (unpaired) electrons. The lowest BCUT2D eigenvalue weighted by molar-refractivity contribution is 0.0696. The summed E-state index contributed by atoms with van der Waals surface area (Å²) in [6.45, 7) is 2.51. The fourth-order valence-electron chi connectivity index (χ4n) is 3.06. The second-order valence-electron chi connectivity index (χ2n) is 6.77. The Morgan fingerprint density at radius 2 is 1.94 bits per heavy atom. The molecule has 0 amide bonds. The summed E-state index contributed by atoms with van der Waals surface area (Å²) in [4.78, 5) is 11.3. The van der Waals surface area contributed by atoms with E-state index < -0.39 is 5.97 Å². The first-order valence-corrected chi connectivity index (χ1v) is 10.8. The monoisotopic (exact) mass is 523 g/mol. The molecule has 2 N–H and O–H groups in total. The van der Waals surface area contributed by atoms with Crippen LogP contribution >= 0.6 is 39.1 Å². The minimum absolute atomic E-state index is 0.254. The van der Waals surface area contributed by atoms with Gasteiger partial charge >= 0.3 is 5.97 Å². The second-order valence-corrected chi connectivity index (χ2v) is 8.47. The highest BCUT2D eigenvalue weighted by molar-refractivity contribution is 9.10. The van der Waals surface area contributed by atoms with Crippen molar-refractivity contribution >= 4 is 50.8 Å². The molecule has 5 nitrogen and oxygen atoms in total. The van der Waals surface area contributed by atoms with Gasteiger partial charge in [-0.05, 0) is 70.4 Å². The normalized spacial score (nSPS) is 10.6. The molecule has 0 aliphatic heterocycles. The number of aromatic carboxylic acids is 1. The lowest BCUT2D eigenvalue weighted by atomic mass is 10.1. The number of rotatable bonds is 8. The third kappa shape index (κ3) is 5.64. The number of benzene rings is 3. The number of hydrogen-bond donors (Lipinski definition) is 2. The van der Waals surface area contributed by atoms with E-state index in [0.29, 0.717) is 33.7 Å². The van der Waals surface area contributed by atoms with Crippen molar-refractivity contribution in [2.75, 3.05) is 12.4 Å². The van der Waals surface area contributed by atoms with Crippen LogP contribution in [0.15, 0.2) is 53.0 Å². The molecule has 0 spiro atoms. The maximum absolute atomic E-state index is 11.3. The number of ether oxygens (including phenoxy) is 2. The van der Waals surface area contributed by atoms with Gasteiger partial charge in [-0.3, -0.25) is 0 Å². The number of hydrogen-bond acceptors (Lipinski definition) is 4. The predicted molar refractivity (Wildman–Crippen MR) is 127 cm³/mol. The number of carboxylic acids is 1. The van der Waals surface area contributed by atoms with Crippen molar-refractivity contribution in [3.8, 4) is 11.5 Å². The highest BCUT2D eigenvalue weighted by atomic mass is 79.9. The van der Waals surface area contributed by atoms with Crippen LogP contribution in [0.3, 0.4) is 0 Å². The summed E-state index contributed by atoms with van der Waals surface area (Å²) in [6.07, 6.45) is 0. The van der Waals surface area contributed by atoms with Crippen molar-refractivity contribution in [3.05, 3.63) is 85.3 Å². The largest absolute Gasteiger partial charge is 0.493 e. The Bertz CT molecular complexity index is 1120. The van der Waals surface area contributed by atoms with E-state index in [1.165, 1.54) is 0 Å². The Morgan fingerprint density at radius 1 is 1.16 bits per heavy atom. The summed E-state index contributed by atoms with van der Waals surface area (Å²) in [5.41, 5.74) is 3.45. The third-order valence-corrected chi connectivity index (χ3v) is 5.90. The van der Waals surface area contributed by atoms with Gasteiger partial charge in [0.15, 0.2) is 11.5 Å². The van der Waals surface area contributed by atoms with Gasteiger partial charge in [0.2, 0.25) is 0 Å². The molecule has 8 heteroatoms. The summed E-state index contributed by atoms with van der Waals surface area (Å²) in [5, 5.41) is 13.7. The molecule has 3 rings (SSSR count). The topological polar surface area (TPSA) is 67.8 Å². The zero-order chi connectivity index (χ0) is 22.5. The zero-order valence-electron chi connectivity index (χ0n) is 16.8. The summed E-state index contributed by atoms with van der Waals surface area (Å²) in [7, 11) is 1.57. The number of methoxy groups -OCH3 is 1. The lowest BCUT2D eigenvalue weighted by Crippen LogP contribution is -2.06. The van der Waals surface area contributed by atoms with E-state index in [0.717, 1.165) is 21.3 Å². The van der Waals surface area contributed by atoms with E-state index in [1.54, 1.807) is 38.3 Å². The molecule has 0 fully saturated rings. The SMILES string of the molecule is COc1cc(CNc2cccc(C(=O)O)c2C)cc(Br)c1OCc1ccc(Cl)cc1Cl. The third-order valence-electron chi connectivity index (χ3n) is 4.72. The van der Waals surface area contributed by atoms with Gasteiger partial charge in [-0.1, -0.05) is 35.3 Å². The lowest BCUT2D eigenvalue weighted by Gasteiger charge is -2.16. The molecule has 31 heavy (non-hydrogen) atoms. The molecule has 0 aliphatic carbocycles. The second kappa shape index (κ2) is 10.3. The number of carboxylic acid groups (broad SMARTS) is 1. The van der Waals surface area contributed by atoms with Crippen molar-refractivity contribution in [2.45, 2.75) is 20.1 Å². The maximum Gasteiger partial charge on any atom is 0.336 e. The Balaban J connectivity index is 1.76. The van der Waals surface area contributed by atoms with Crippen molar-refractivity contribution in [2.24, 2.45) is 0 Å². The minimum Gasteiger partial charge on any atom is -0.493 e. The predicted octanol–water partition coefficient (Wildman–Crippen LogP) is 6.96. The number of carbonyl (C=O) groups is 1. The molecule has 0 aliphatic rings. The van der Waals surface area contributed by atoms with Crippen LogP contribution in [-0.4, -0.2) is 18.2 Å². The van der Waals surface area contributed by atoms with Gasteiger partial charge in [0.25, 0.3) is 0 Å².